The number of halogens is 1. The number of aromatic nitrogens is 3. The summed E-state index contributed by atoms with van der Waals surface area (Å²) in [5.74, 6) is 0.118. The predicted molar refractivity (Wildman–Crippen MR) is 118 cm³/mol. The van der Waals surface area contributed by atoms with Crippen LogP contribution < -0.4 is 5.32 Å². The minimum absolute atomic E-state index is 0.0487. The molecule has 0 atom stereocenters. The summed E-state index contributed by atoms with van der Waals surface area (Å²) in [4.78, 5) is 34.3. The van der Waals surface area contributed by atoms with Crippen LogP contribution in [0.2, 0.25) is 0 Å². The molecule has 2 amide bonds. The Morgan fingerprint density at radius 2 is 1.84 bits per heavy atom. The molecule has 0 bridgehead atoms. The van der Waals surface area contributed by atoms with Crippen molar-refractivity contribution >= 4 is 23.2 Å². The molecular formula is C22H23FN6O2S. The number of piperazine rings is 1. The molecule has 1 N–H and O–H groups in total. The Morgan fingerprint density at radius 1 is 1.09 bits per heavy atom. The highest BCUT2D eigenvalue weighted by Crippen LogP contribution is 2.26. The molecule has 1 aliphatic carbocycles. The summed E-state index contributed by atoms with van der Waals surface area (Å²) in [6.07, 6.45) is 2.14. The number of amides is 2. The fourth-order valence-corrected chi connectivity index (χ4v) is 4.38. The van der Waals surface area contributed by atoms with E-state index in [9.17, 15) is 14.0 Å². The van der Waals surface area contributed by atoms with Gasteiger partial charge in [0, 0.05) is 32.2 Å². The number of thiophene rings is 1. The molecular weight excluding hydrogens is 431 g/mol. The maximum Gasteiger partial charge on any atom is 0.293 e. The van der Waals surface area contributed by atoms with Crippen LogP contribution in [0.1, 0.15) is 23.5 Å². The molecule has 0 spiro atoms. The Bertz CT molecular complexity index is 1100. The summed E-state index contributed by atoms with van der Waals surface area (Å²) in [5, 5.41) is 9.39. The van der Waals surface area contributed by atoms with E-state index < -0.39 is 0 Å². The first kappa shape index (κ1) is 20.8. The summed E-state index contributed by atoms with van der Waals surface area (Å²) >= 11 is 1.50. The summed E-state index contributed by atoms with van der Waals surface area (Å²) in [5.41, 5.74) is 0.632. The highest BCUT2D eigenvalue weighted by molar-refractivity contribution is 7.13. The number of nitrogens with zero attached hydrogens (tertiary/aromatic N) is 5. The van der Waals surface area contributed by atoms with E-state index in [1.54, 1.807) is 21.7 Å². The standard InChI is InChI=1S/C22H23FN6O2S/c23-15-3-7-17(8-4-15)29-21(18-2-1-13-32-18)25-20(26-29)22(31)28-11-9-27(10-12-28)14-19(30)24-16-5-6-16/h1-4,7-8,13,16H,5-6,9-12,14H2,(H,24,30). The third-order valence-corrected chi connectivity index (χ3v) is 6.45. The second-order valence-electron chi connectivity index (χ2n) is 8.03. The highest BCUT2D eigenvalue weighted by atomic mass is 32.1. The second kappa shape index (κ2) is 8.79. The average molecular weight is 455 g/mol. The zero-order chi connectivity index (χ0) is 22.1. The molecule has 1 aliphatic heterocycles. The maximum atomic E-state index is 13.4. The monoisotopic (exact) mass is 454 g/mol. The molecule has 2 fully saturated rings. The molecule has 0 radical (unpaired) electrons. The first-order valence-electron chi connectivity index (χ1n) is 10.6. The maximum absolute atomic E-state index is 13.4. The Hall–Kier alpha value is -3.11. The van der Waals surface area contributed by atoms with Gasteiger partial charge in [-0.1, -0.05) is 6.07 Å². The number of nitrogens with one attached hydrogen (secondary N) is 1. The van der Waals surface area contributed by atoms with Crippen molar-refractivity contribution in [2.24, 2.45) is 0 Å². The molecule has 32 heavy (non-hydrogen) atoms. The van der Waals surface area contributed by atoms with Crippen LogP contribution in [-0.2, 0) is 4.79 Å². The van der Waals surface area contributed by atoms with Gasteiger partial charge in [0.2, 0.25) is 11.7 Å². The van der Waals surface area contributed by atoms with E-state index >= 15 is 0 Å². The van der Waals surface area contributed by atoms with Crippen LogP contribution in [0.3, 0.4) is 0 Å². The fourth-order valence-electron chi connectivity index (χ4n) is 3.68. The van der Waals surface area contributed by atoms with Gasteiger partial charge in [0.15, 0.2) is 5.82 Å². The third-order valence-electron chi connectivity index (χ3n) is 5.58. The number of carbonyl (C=O) groups is 2. The largest absolute Gasteiger partial charge is 0.352 e. The lowest BCUT2D eigenvalue weighted by Gasteiger charge is -2.33. The Balaban J connectivity index is 1.30. The van der Waals surface area contributed by atoms with Gasteiger partial charge in [-0.25, -0.2) is 14.1 Å². The number of hydrogen-bond acceptors (Lipinski definition) is 6. The van der Waals surface area contributed by atoms with Gasteiger partial charge in [0.25, 0.3) is 5.91 Å². The Morgan fingerprint density at radius 3 is 2.50 bits per heavy atom. The Labute approximate surface area is 188 Å². The molecule has 5 rings (SSSR count). The number of rotatable bonds is 6. The highest BCUT2D eigenvalue weighted by Gasteiger charge is 2.29. The van der Waals surface area contributed by atoms with Gasteiger partial charge in [-0.15, -0.1) is 16.4 Å². The molecule has 2 aromatic heterocycles. The molecule has 166 valence electrons. The van der Waals surface area contributed by atoms with Crippen molar-refractivity contribution in [3.05, 3.63) is 53.4 Å². The molecule has 1 saturated carbocycles. The van der Waals surface area contributed by atoms with E-state index in [-0.39, 0.29) is 23.5 Å². The van der Waals surface area contributed by atoms with E-state index in [4.69, 9.17) is 0 Å². The summed E-state index contributed by atoms with van der Waals surface area (Å²) in [6.45, 7) is 2.63. The van der Waals surface area contributed by atoms with Gasteiger partial charge in [0.1, 0.15) is 5.82 Å². The van der Waals surface area contributed by atoms with Crippen LogP contribution in [0.5, 0.6) is 0 Å². The van der Waals surface area contributed by atoms with Crippen LogP contribution in [0.4, 0.5) is 4.39 Å². The molecule has 1 aromatic carbocycles. The summed E-state index contributed by atoms with van der Waals surface area (Å²) in [6, 6.07) is 10.1. The summed E-state index contributed by atoms with van der Waals surface area (Å²) in [7, 11) is 0. The first-order chi connectivity index (χ1) is 15.6. The molecule has 3 aromatic rings. The minimum Gasteiger partial charge on any atom is -0.352 e. The number of carbonyl (C=O) groups excluding carboxylic acids is 2. The zero-order valence-corrected chi connectivity index (χ0v) is 18.2. The summed E-state index contributed by atoms with van der Waals surface area (Å²) < 4.78 is 15.0. The topological polar surface area (TPSA) is 83.4 Å². The SMILES string of the molecule is O=C(CN1CCN(C(=O)c2nc(-c3cccs3)n(-c3ccc(F)cc3)n2)CC1)NC1CC1. The fraction of sp³-hybridized carbons (Fsp3) is 0.364. The van der Waals surface area contributed by atoms with Crippen molar-refractivity contribution in [1.82, 2.24) is 29.9 Å². The van der Waals surface area contributed by atoms with Crippen molar-refractivity contribution < 1.29 is 14.0 Å². The van der Waals surface area contributed by atoms with E-state index in [1.165, 1.54) is 23.5 Å². The van der Waals surface area contributed by atoms with Gasteiger partial charge in [-0.2, -0.15) is 0 Å². The van der Waals surface area contributed by atoms with E-state index in [0.717, 1.165) is 17.7 Å². The predicted octanol–water partition coefficient (Wildman–Crippen LogP) is 2.17. The second-order valence-corrected chi connectivity index (χ2v) is 8.98. The average Bonchev–Trinajstić information content (AvgIpc) is 3.27. The van der Waals surface area contributed by atoms with E-state index in [2.05, 4.69) is 20.3 Å². The lowest BCUT2D eigenvalue weighted by molar-refractivity contribution is -0.122. The normalized spacial score (nSPS) is 16.8. The van der Waals surface area contributed by atoms with E-state index in [0.29, 0.717) is 50.3 Å². The van der Waals surface area contributed by atoms with Gasteiger partial charge in [-0.3, -0.25) is 14.5 Å². The molecule has 8 nitrogen and oxygen atoms in total. The van der Waals surface area contributed by atoms with Gasteiger partial charge < -0.3 is 10.2 Å². The molecule has 1 saturated heterocycles. The number of benzene rings is 1. The molecule has 2 aliphatic rings. The minimum atomic E-state index is -0.341. The van der Waals surface area contributed by atoms with Crippen molar-refractivity contribution in [2.75, 3.05) is 32.7 Å². The molecule has 3 heterocycles. The number of hydrogen-bond donors (Lipinski definition) is 1. The Kier molecular flexibility index (Phi) is 5.71. The van der Waals surface area contributed by atoms with Crippen LogP contribution in [-0.4, -0.2) is 75.1 Å². The lowest BCUT2D eigenvalue weighted by atomic mass is 10.3. The van der Waals surface area contributed by atoms with Crippen molar-refractivity contribution in [3.63, 3.8) is 0 Å². The van der Waals surface area contributed by atoms with Crippen LogP contribution in [0, 0.1) is 5.82 Å². The van der Waals surface area contributed by atoms with Crippen molar-refractivity contribution in [3.8, 4) is 16.4 Å². The van der Waals surface area contributed by atoms with Gasteiger partial charge in [0.05, 0.1) is 17.1 Å². The lowest BCUT2D eigenvalue weighted by Crippen LogP contribution is -2.51. The van der Waals surface area contributed by atoms with Gasteiger partial charge >= 0.3 is 0 Å². The zero-order valence-electron chi connectivity index (χ0n) is 17.4. The molecule has 10 heteroatoms. The smallest absolute Gasteiger partial charge is 0.293 e. The van der Waals surface area contributed by atoms with Crippen LogP contribution >= 0.6 is 11.3 Å². The van der Waals surface area contributed by atoms with Crippen LogP contribution in [0.25, 0.3) is 16.4 Å². The van der Waals surface area contributed by atoms with Crippen LogP contribution in [0.15, 0.2) is 41.8 Å². The first-order valence-corrected chi connectivity index (χ1v) is 11.5. The molecule has 0 unspecified atom stereocenters. The van der Waals surface area contributed by atoms with Crippen molar-refractivity contribution in [1.29, 1.82) is 0 Å². The third kappa shape index (κ3) is 4.56. The van der Waals surface area contributed by atoms with Gasteiger partial charge in [-0.05, 0) is 48.6 Å². The quantitative estimate of drug-likeness (QED) is 0.617. The van der Waals surface area contributed by atoms with Crippen molar-refractivity contribution in [2.45, 2.75) is 18.9 Å². The van der Waals surface area contributed by atoms with E-state index in [1.807, 2.05) is 17.5 Å².